The van der Waals surface area contributed by atoms with Crippen molar-refractivity contribution in [2.24, 2.45) is 5.92 Å². The fraction of sp³-hybridized carbons (Fsp3) is 0.692. The summed E-state index contributed by atoms with van der Waals surface area (Å²) in [6, 6.07) is 2.20. The van der Waals surface area contributed by atoms with Crippen LogP contribution in [0.25, 0.3) is 0 Å². The molecule has 98 valence electrons. The molecule has 0 radical (unpaired) electrons. The Morgan fingerprint density at radius 2 is 2.06 bits per heavy atom. The molecule has 0 aromatic carbocycles. The molecule has 0 bridgehead atoms. The van der Waals surface area contributed by atoms with Gasteiger partial charge in [-0.25, -0.2) is 4.68 Å². The van der Waals surface area contributed by atoms with Crippen molar-refractivity contribution in [2.75, 3.05) is 23.7 Å². The predicted octanol–water partition coefficient (Wildman–Crippen LogP) is 1.98. The quantitative estimate of drug-likeness (QED) is 0.883. The van der Waals surface area contributed by atoms with E-state index in [0.29, 0.717) is 17.3 Å². The van der Waals surface area contributed by atoms with Gasteiger partial charge in [0, 0.05) is 19.6 Å². The average molecular weight is 247 g/mol. The van der Waals surface area contributed by atoms with Crippen LogP contribution < -0.4 is 10.6 Å². The molecule has 0 aliphatic carbocycles. The molecule has 0 amide bonds. The molecule has 18 heavy (non-hydrogen) atoms. The van der Waals surface area contributed by atoms with Gasteiger partial charge in [-0.2, -0.15) is 10.4 Å². The minimum atomic E-state index is 0.514. The number of rotatable bonds is 4. The minimum Gasteiger partial charge on any atom is -0.383 e. The van der Waals surface area contributed by atoms with Gasteiger partial charge >= 0.3 is 0 Å². The van der Waals surface area contributed by atoms with E-state index < -0.39 is 0 Å². The molecule has 2 heterocycles. The highest BCUT2D eigenvalue weighted by Crippen LogP contribution is 2.27. The molecule has 1 aliphatic rings. The Bertz CT molecular complexity index is 449. The first kappa shape index (κ1) is 12.7. The van der Waals surface area contributed by atoms with E-state index in [9.17, 15) is 5.26 Å². The van der Waals surface area contributed by atoms with Crippen molar-refractivity contribution >= 4 is 11.6 Å². The lowest BCUT2D eigenvalue weighted by Gasteiger charge is -2.13. The molecule has 1 aromatic rings. The maximum absolute atomic E-state index is 9.24. The standard InChI is InChI=1S/C13H21N5/c1-10(2)5-8-18-12(15)11(9-14)13(16-18)17-6-3-4-7-17/h10H,3-8,15H2,1-2H3. The molecular weight excluding hydrogens is 226 g/mol. The van der Waals surface area contributed by atoms with Gasteiger partial charge in [-0.3, -0.25) is 0 Å². The van der Waals surface area contributed by atoms with Crippen molar-refractivity contribution in [3.63, 3.8) is 0 Å². The molecular formula is C13H21N5. The SMILES string of the molecule is CC(C)CCn1nc(N2CCCC2)c(C#N)c1N. The Morgan fingerprint density at radius 3 is 2.61 bits per heavy atom. The summed E-state index contributed by atoms with van der Waals surface area (Å²) in [5.41, 5.74) is 6.56. The molecule has 0 unspecified atom stereocenters. The van der Waals surface area contributed by atoms with E-state index in [1.165, 1.54) is 12.8 Å². The number of nitrogens with zero attached hydrogens (tertiary/aromatic N) is 4. The van der Waals surface area contributed by atoms with Crippen molar-refractivity contribution in [3.05, 3.63) is 5.56 Å². The maximum atomic E-state index is 9.24. The number of aromatic nitrogens is 2. The largest absolute Gasteiger partial charge is 0.383 e. The Kier molecular flexibility index (Phi) is 3.75. The molecule has 1 saturated heterocycles. The summed E-state index contributed by atoms with van der Waals surface area (Å²) < 4.78 is 1.78. The van der Waals surface area contributed by atoms with Crippen molar-refractivity contribution in [3.8, 4) is 6.07 Å². The molecule has 5 heteroatoms. The van der Waals surface area contributed by atoms with Gasteiger partial charge in [0.05, 0.1) is 0 Å². The zero-order valence-electron chi connectivity index (χ0n) is 11.2. The second-order valence-electron chi connectivity index (χ2n) is 5.30. The van der Waals surface area contributed by atoms with E-state index in [1.807, 2.05) is 0 Å². The summed E-state index contributed by atoms with van der Waals surface area (Å²) in [7, 11) is 0. The zero-order chi connectivity index (χ0) is 13.1. The monoisotopic (exact) mass is 247 g/mol. The molecule has 2 rings (SSSR count). The number of hydrogen-bond donors (Lipinski definition) is 1. The topological polar surface area (TPSA) is 70.9 Å². The average Bonchev–Trinajstić information content (AvgIpc) is 2.94. The van der Waals surface area contributed by atoms with Crippen LogP contribution in [0.3, 0.4) is 0 Å². The first-order valence-corrected chi connectivity index (χ1v) is 6.64. The first-order valence-electron chi connectivity index (χ1n) is 6.64. The van der Waals surface area contributed by atoms with Crippen LogP contribution in [0.4, 0.5) is 11.6 Å². The van der Waals surface area contributed by atoms with Crippen LogP contribution >= 0.6 is 0 Å². The van der Waals surface area contributed by atoms with E-state index in [1.54, 1.807) is 4.68 Å². The van der Waals surface area contributed by atoms with E-state index in [0.717, 1.165) is 31.9 Å². The number of anilines is 2. The maximum Gasteiger partial charge on any atom is 0.170 e. The normalized spacial score (nSPS) is 15.3. The van der Waals surface area contributed by atoms with Gasteiger partial charge in [0.15, 0.2) is 5.82 Å². The molecule has 0 saturated carbocycles. The summed E-state index contributed by atoms with van der Waals surface area (Å²) >= 11 is 0. The van der Waals surface area contributed by atoms with Crippen LogP contribution in [-0.2, 0) is 6.54 Å². The third-order valence-corrected chi connectivity index (χ3v) is 3.41. The van der Waals surface area contributed by atoms with Gasteiger partial charge in [-0.1, -0.05) is 13.8 Å². The van der Waals surface area contributed by atoms with Crippen LogP contribution in [0, 0.1) is 17.2 Å². The van der Waals surface area contributed by atoms with Crippen molar-refractivity contribution in [2.45, 2.75) is 39.7 Å². The van der Waals surface area contributed by atoms with Gasteiger partial charge in [-0.15, -0.1) is 0 Å². The van der Waals surface area contributed by atoms with Crippen LogP contribution in [0.5, 0.6) is 0 Å². The third-order valence-electron chi connectivity index (χ3n) is 3.41. The van der Waals surface area contributed by atoms with E-state index in [4.69, 9.17) is 5.73 Å². The van der Waals surface area contributed by atoms with Crippen LogP contribution in [-0.4, -0.2) is 22.9 Å². The second-order valence-corrected chi connectivity index (χ2v) is 5.30. The number of nitriles is 1. The van der Waals surface area contributed by atoms with Crippen molar-refractivity contribution in [1.29, 1.82) is 5.26 Å². The second kappa shape index (κ2) is 5.30. The Morgan fingerprint density at radius 1 is 1.39 bits per heavy atom. The molecule has 0 spiro atoms. The highest BCUT2D eigenvalue weighted by atomic mass is 15.4. The van der Waals surface area contributed by atoms with Crippen LogP contribution in [0.2, 0.25) is 0 Å². The van der Waals surface area contributed by atoms with Crippen LogP contribution in [0.1, 0.15) is 38.7 Å². The van der Waals surface area contributed by atoms with E-state index in [-0.39, 0.29) is 0 Å². The molecule has 1 aromatic heterocycles. The number of aryl methyl sites for hydroxylation is 1. The number of nitrogen functional groups attached to an aromatic ring is 1. The smallest absolute Gasteiger partial charge is 0.170 e. The Labute approximate surface area is 108 Å². The van der Waals surface area contributed by atoms with Gasteiger partial charge in [0.25, 0.3) is 0 Å². The summed E-state index contributed by atoms with van der Waals surface area (Å²) in [5.74, 6) is 1.89. The lowest BCUT2D eigenvalue weighted by Crippen LogP contribution is -2.19. The molecule has 0 atom stereocenters. The molecule has 1 aliphatic heterocycles. The lowest BCUT2D eigenvalue weighted by molar-refractivity contribution is 0.491. The van der Waals surface area contributed by atoms with Gasteiger partial charge < -0.3 is 10.6 Å². The summed E-state index contributed by atoms with van der Waals surface area (Å²) in [4.78, 5) is 2.17. The fourth-order valence-corrected chi connectivity index (χ4v) is 2.27. The minimum absolute atomic E-state index is 0.514. The summed E-state index contributed by atoms with van der Waals surface area (Å²) in [6.07, 6.45) is 3.36. The van der Waals surface area contributed by atoms with Crippen molar-refractivity contribution in [1.82, 2.24) is 9.78 Å². The van der Waals surface area contributed by atoms with Crippen molar-refractivity contribution < 1.29 is 0 Å². The molecule has 2 N–H and O–H groups in total. The van der Waals surface area contributed by atoms with E-state index >= 15 is 0 Å². The summed E-state index contributed by atoms with van der Waals surface area (Å²) in [5, 5.41) is 13.8. The zero-order valence-corrected chi connectivity index (χ0v) is 11.2. The third kappa shape index (κ3) is 2.42. The Hall–Kier alpha value is -1.70. The summed E-state index contributed by atoms with van der Waals surface area (Å²) in [6.45, 7) is 7.09. The Balaban J connectivity index is 2.24. The van der Waals surface area contributed by atoms with Gasteiger partial charge in [-0.05, 0) is 25.2 Å². The number of hydrogen-bond acceptors (Lipinski definition) is 4. The first-order chi connectivity index (χ1) is 8.63. The molecule has 1 fully saturated rings. The predicted molar refractivity (Wildman–Crippen MR) is 72.3 cm³/mol. The van der Waals surface area contributed by atoms with Crippen LogP contribution in [0.15, 0.2) is 0 Å². The highest BCUT2D eigenvalue weighted by molar-refractivity contribution is 5.65. The number of nitrogens with two attached hydrogens (primary N) is 1. The lowest BCUT2D eigenvalue weighted by atomic mass is 10.1. The van der Waals surface area contributed by atoms with Gasteiger partial charge in [0.2, 0.25) is 0 Å². The van der Waals surface area contributed by atoms with E-state index in [2.05, 4.69) is 29.9 Å². The fourth-order valence-electron chi connectivity index (χ4n) is 2.27. The van der Waals surface area contributed by atoms with Gasteiger partial charge in [0.1, 0.15) is 17.5 Å². The molecule has 5 nitrogen and oxygen atoms in total. The highest BCUT2D eigenvalue weighted by Gasteiger charge is 2.22.